The molecule has 1 N–H and O–H groups in total. The van der Waals surface area contributed by atoms with Crippen molar-refractivity contribution in [2.45, 2.75) is 51.3 Å². The fourth-order valence-electron chi connectivity index (χ4n) is 2.05. The minimum absolute atomic E-state index is 0.525. The van der Waals surface area contributed by atoms with Gasteiger partial charge in [-0.2, -0.15) is 16.7 Å². The molecule has 18 heavy (non-hydrogen) atoms. The topological polar surface area (TPSA) is 51.0 Å². The summed E-state index contributed by atoms with van der Waals surface area (Å²) in [6.45, 7) is 5.42. The first-order chi connectivity index (χ1) is 8.83. The summed E-state index contributed by atoms with van der Waals surface area (Å²) in [5.41, 5.74) is 0. The molecule has 1 atom stereocenters. The van der Waals surface area contributed by atoms with E-state index in [9.17, 15) is 0 Å². The van der Waals surface area contributed by atoms with Crippen molar-refractivity contribution in [2.24, 2.45) is 5.92 Å². The van der Waals surface area contributed by atoms with Gasteiger partial charge in [-0.05, 0) is 37.5 Å². The Kier molecular flexibility index (Phi) is 5.50. The number of aromatic nitrogens is 2. The molecule has 1 fully saturated rings. The third kappa shape index (κ3) is 4.28. The van der Waals surface area contributed by atoms with Crippen molar-refractivity contribution < 1.29 is 4.52 Å². The first-order valence-corrected chi connectivity index (χ1v) is 8.11. The van der Waals surface area contributed by atoms with E-state index in [1.165, 1.54) is 19.3 Å². The molecule has 5 heteroatoms. The van der Waals surface area contributed by atoms with Crippen LogP contribution in [0.15, 0.2) is 4.52 Å². The number of hydrogen-bond donors (Lipinski definition) is 1. The number of nitrogens with one attached hydrogen (secondary N) is 1. The van der Waals surface area contributed by atoms with Crippen molar-refractivity contribution in [1.82, 2.24) is 15.5 Å². The quantitative estimate of drug-likeness (QED) is 0.747. The molecule has 1 saturated carbocycles. The summed E-state index contributed by atoms with van der Waals surface area (Å²) in [5, 5.41) is 7.63. The van der Waals surface area contributed by atoms with Crippen molar-refractivity contribution in [3.8, 4) is 0 Å². The van der Waals surface area contributed by atoms with Crippen LogP contribution < -0.4 is 5.32 Å². The predicted octanol–water partition coefficient (Wildman–Crippen LogP) is 2.64. The summed E-state index contributed by atoms with van der Waals surface area (Å²) in [4.78, 5) is 4.47. The lowest BCUT2D eigenvalue weighted by atomic mass is 10.1. The molecule has 1 aliphatic rings. The Morgan fingerprint density at radius 2 is 2.28 bits per heavy atom. The van der Waals surface area contributed by atoms with Crippen molar-refractivity contribution >= 4 is 11.8 Å². The fourth-order valence-corrected chi connectivity index (χ4v) is 2.55. The first kappa shape index (κ1) is 13.9. The lowest BCUT2D eigenvalue weighted by molar-refractivity contribution is 0.343. The molecular formula is C13H23N3OS. The van der Waals surface area contributed by atoms with Gasteiger partial charge >= 0.3 is 0 Å². The Labute approximate surface area is 113 Å². The van der Waals surface area contributed by atoms with Crippen LogP contribution in [-0.2, 0) is 12.2 Å². The monoisotopic (exact) mass is 269 g/mol. The highest BCUT2D eigenvalue weighted by Gasteiger charge is 2.32. The van der Waals surface area contributed by atoms with Gasteiger partial charge in [-0.1, -0.05) is 19.0 Å². The Morgan fingerprint density at radius 3 is 2.94 bits per heavy atom. The van der Waals surface area contributed by atoms with Crippen molar-refractivity contribution in [2.75, 3.05) is 12.3 Å². The Hall–Kier alpha value is -0.550. The lowest BCUT2D eigenvalue weighted by Crippen LogP contribution is -2.33. The molecule has 0 spiro atoms. The molecule has 0 bridgehead atoms. The maximum atomic E-state index is 5.34. The van der Waals surface area contributed by atoms with Gasteiger partial charge in [0.15, 0.2) is 5.82 Å². The molecule has 1 aromatic heterocycles. The largest absolute Gasteiger partial charge is 0.339 e. The molecule has 0 amide bonds. The maximum Gasteiger partial charge on any atom is 0.228 e. The average molecular weight is 269 g/mol. The van der Waals surface area contributed by atoms with E-state index in [1.807, 2.05) is 11.8 Å². The van der Waals surface area contributed by atoms with E-state index in [2.05, 4.69) is 29.3 Å². The van der Waals surface area contributed by atoms with Crippen molar-refractivity contribution in [1.29, 1.82) is 0 Å². The highest BCUT2D eigenvalue weighted by molar-refractivity contribution is 7.98. The van der Waals surface area contributed by atoms with E-state index in [1.54, 1.807) is 0 Å². The minimum Gasteiger partial charge on any atom is -0.339 e. The van der Waals surface area contributed by atoms with E-state index in [0.29, 0.717) is 6.04 Å². The molecule has 102 valence electrons. The summed E-state index contributed by atoms with van der Waals surface area (Å²) in [6.07, 6.45) is 4.74. The average Bonchev–Trinajstić information content (AvgIpc) is 3.13. The summed E-state index contributed by atoms with van der Waals surface area (Å²) in [7, 11) is 0. The van der Waals surface area contributed by atoms with Gasteiger partial charge in [-0.3, -0.25) is 0 Å². The van der Waals surface area contributed by atoms with Crippen LogP contribution in [0.1, 0.15) is 44.8 Å². The minimum atomic E-state index is 0.525. The fraction of sp³-hybridized carbons (Fsp3) is 0.846. The SMILES string of the molecule is CCCNC(Cc1nc(CSCC)no1)C1CC1. The number of rotatable bonds is 9. The molecule has 0 saturated heterocycles. The predicted molar refractivity (Wildman–Crippen MR) is 74.6 cm³/mol. The van der Waals surface area contributed by atoms with E-state index >= 15 is 0 Å². The number of hydrogen-bond acceptors (Lipinski definition) is 5. The zero-order valence-electron chi connectivity index (χ0n) is 11.3. The Morgan fingerprint density at radius 1 is 1.44 bits per heavy atom. The second kappa shape index (κ2) is 7.14. The smallest absolute Gasteiger partial charge is 0.228 e. The van der Waals surface area contributed by atoms with Gasteiger partial charge in [0.05, 0.1) is 5.75 Å². The van der Waals surface area contributed by atoms with Crippen LogP contribution in [-0.4, -0.2) is 28.5 Å². The summed E-state index contributed by atoms with van der Waals surface area (Å²) >= 11 is 1.83. The highest BCUT2D eigenvalue weighted by Crippen LogP contribution is 2.34. The van der Waals surface area contributed by atoms with E-state index in [0.717, 1.165) is 42.1 Å². The van der Waals surface area contributed by atoms with Crippen molar-refractivity contribution in [3.63, 3.8) is 0 Å². The number of nitrogens with zero attached hydrogens (tertiary/aromatic N) is 2. The molecule has 0 aliphatic heterocycles. The zero-order valence-corrected chi connectivity index (χ0v) is 12.1. The van der Waals surface area contributed by atoms with E-state index in [4.69, 9.17) is 4.52 Å². The summed E-state index contributed by atoms with van der Waals surface area (Å²) in [5.74, 6) is 4.39. The van der Waals surface area contributed by atoms with Gasteiger partial charge in [-0.15, -0.1) is 0 Å². The molecule has 0 aromatic carbocycles. The molecule has 1 aromatic rings. The van der Waals surface area contributed by atoms with Crippen LogP contribution in [0.25, 0.3) is 0 Å². The molecule has 4 nitrogen and oxygen atoms in total. The normalized spacial score (nSPS) is 17.0. The summed E-state index contributed by atoms with van der Waals surface area (Å²) in [6, 6.07) is 0.525. The van der Waals surface area contributed by atoms with Crippen LogP contribution in [0.2, 0.25) is 0 Å². The van der Waals surface area contributed by atoms with Gasteiger partial charge in [0, 0.05) is 12.5 Å². The van der Waals surface area contributed by atoms with Gasteiger partial charge in [0.25, 0.3) is 0 Å². The maximum absolute atomic E-state index is 5.34. The van der Waals surface area contributed by atoms with Crippen LogP contribution in [0.4, 0.5) is 0 Å². The van der Waals surface area contributed by atoms with Crippen molar-refractivity contribution in [3.05, 3.63) is 11.7 Å². The molecule has 1 heterocycles. The molecular weight excluding hydrogens is 246 g/mol. The van der Waals surface area contributed by atoms with Crippen LogP contribution in [0.5, 0.6) is 0 Å². The van der Waals surface area contributed by atoms with Gasteiger partial charge < -0.3 is 9.84 Å². The van der Waals surface area contributed by atoms with Crippen LogP contribution in [0.3, 0.4) is 0 Å². The Balaban J connectivity index is 1.83. The van der Waals surface area contributed by atoms with Gasteiger partial charge in [-0.25, -0.2) is 0 Å². The van der Waals surface area contributed by atoms with E-state index in [-0.39, 0.29) is 0 Å². The molecule has 2 rings (SSSR count). The Bertz CT molecular complexity index is 352. The lowest BCUT2D eigenvalue weighted by Gasteiger charge is -2.15. The standard InChI is InChI=1S/C13H23N3OS/c1-3-7-14-11(10-5-6-10)8-13-15-12(16-17-13)9-18-4-2/h10-11,14H,3-9H2,1-2H3. The molecule has 1 aliphatic carbocycles. The zero-order chi connectivity index (χ0) is 12.8. The highest BCUT2D eigenvalue weighted by atomic mass is 32.2. The second-order valence-electron chi connectivity index (χ2n) is 4.84. The van der Waals surface area contributed by atoms with Crippen LogP contribution in [0, 0.1) is 5.92 Å². The second-order valence-corrected chi connectivity index (χ2v) is 6.12. The molecule has 0 radical (unpaired) electrons. The third-order valence-electron chi connectivity index (χ3n) is 3.19. The van der Waals surface area contributed by atoms with Gasteiger partial charge in [0.1, 0.15) is 0 Å². The first-order valence-electron chi connectivity index (χ1n) is 6.96. The van der Waals surface area contributed by atoms with E-state index < -0.39 is 0 Å². The third-order valence-corrected chi connectivity index (χ3v) is 4.06. The molecule has 1 unspecified atom stereocenters. The number of thioether (sulfide) groups is 1. The van der Waals surface area contributed by atoms with Crippen LogP contribution >= 0.6 is 11.8 Å². The summed E-state index contributed by atoms with van der Waals surface area (Å²) < 4.78 is 5.34. The van der Waals surface area contributed by atoms with Gasteiger partial charge in [0.2, 0.25) is 5.89 Å².